The summed E-state index contributed by atoms with van der Waals surface area (Å²) in [6.07, 6.45) is 0. The topological polar surface area (TPSA) is 26.3 Å². The minimum Gasteiger partial charge on any atom is -0.462 e. The van der Waals surface area contributed by atoms with Crippen LogP contribution < -0.4 is 0 Å². The van der Waals surface area contributed by atoms with Crippen LogP contribution in [0, 0.1) is 0 Å². The molecule has 1 rings (SSSR count). The van der Waals surface area contributed by atoms with Gasteiger partial charge in [0.2, 0.25) is 0 Å². The summed E-state index contributed by atoms with van der Waals surface area (Å²) >= 11 is 1.57. The Labute approximate surface area is 114 Å². The Hall–Kier alpha value is -0.830. The van der Waals surface area contributed by atoms with Crippen LogP contribution in [-0.2, 0) is 15.6 Å². The Morgan fingerprint density at radius 1 is 1.17 bits per heavy atom. The monoisotopic (exact) mass is 268 g/mol. The molecule has 0 aliphatic heterocycles. The van der Waals surface area contributed by atoms with Crippen LogP contribution in [0.5, 0.6) is 0 Å². The van der Waals surface area contributed by atoms with E-state index in [0.29, 0.717) is 6.61 Å². The molecular weight excluding hydrogens is 244 g/mol. The van der Waals surface area contributed by atoms with E-state index in [1.54, 1.807) is 11.3 Å². The maximum absolute atomic E-state index is 12.0. The van der Waals surface area contributed by atoms with Gasteiger partial charge in [0.25, 0.3) is 0 Å². The maximum atomic E-state index is 12.0. The highest BCUT2D eigenvalue weighted by atomic mass is 32.1. The van der Waals surface area contributed by atoms with Crippen molar-refractivity contribution in [3.63, 3.8) is 0 Å². The van der Waals surface area contributed by atoms with Gasteiger partial charge in [-0.1, -0.05) is 41.5 Å². The third-order valence-electron chi connectivity index (χ3n) is 2.74. The molecule has 1 aromatic rings. The molecule has 1 heterocycles. The van der Waals surface area contributed by atoms with Gasteiger partial charge in [-0.3, -0.25) is 0 Å². The molecule has 0 saturated heterocycles. The van der Waals surface area contributed by atoms with Gasteiger partial charge in [0, 0.05) is 4.88 Å². The lowest BCUT2D eigenvalue weighted by molar-refractivity contribution is 0.0529. The van der Waals surface area contributed by atoms with Gasteiger partial charge in [-0.2, -0.15) is 0 Å². The summed E-state index contributed by atoms with van der Waals surface area (Å²) in [4.78, 5) is 14.0. The first-order valence-corrected chi connectivity index (χ1v) is 7.21. The molecule has 2 nitrogen and oxygen atoms in total. The highest BCUT2D eigenvalue weighted by Crippen LogP contribution is 2.38. The number of esters is 1. The number of ether oxygens (including phenoxy) is 1. The highest BCUT2D eigenvalue weighted by molar-refractivity contribution is 7.14. The molecule has 0 spiro atoms. The van der Waals surface area contributed by atoms with E-state index >= 15 is 0 Å². The van der Waals surface area contributed by atoms with Crippen LogP contribution in [0.1, 0.15) is 68.6 Å². The van der Waals surface area contributed by atoms with Crippen LogP contribution in [0.3, 0.4) is 0 Å². The number of hydrogen-bond acceptors (Lipinski definition) is 3. The Balaban J connectivity index is 3.31. The first-order valence-electron chi connectivity index (χ1n) is 6.39. The lowest BCUT2D eigenvalue weighted by Crippen LogP contribution is -2.16. The second kappa shape index (κ2) is 5.04. The SMILES string of the molecule is CCOC(=O)c1sc(C(C)(C)C)cc1C(C)(C)C. The fourth-order valence-corrected chi connectivity index (χ4v) is 2.99. The molecule has 102 valence electrons. The smallest absolute Gasteiger partial charge is 0.348 e. The van der Waals surface area contributed by atoms with Crippen LogP contribution in [0.25, 0.3) is 0 Å². The summed E-state index contributed by atoms with van der Waals surface area (Å²) < 4.78 is 5.16. The van der Waals surface area contributed by atoms with Crippen LogP contribution in [0.15, 0.2) is 6.07 Å². The van der Waals surface area contributed by atoms with Gasteiger partial charge in [0.05, 0.1) is 6.61 Å². The van der Waals surface area contributed by atoms with E-state index in [1.165, 1.54) is 4.88 Å². The van der Waals surface area contributed by atoms with Gasteiger partial charge in [-0.25, -0.2) is 4.79 Å². The Morgan fingerprint density at radius 3 is 2.11 bits per heavy atom. The Morgan fingerprint density at radius 2 is 1.72 bits per heavy atom. The summed E-state index contributed by atoms with van der Waals surface area (Å²) in [6, 6.07) is 2.16. The molecule has 0 amide bonds. The van der Waals surface area contributed by atoms with E-state index in [-0.39, 0.29) is 16.8 Å². The molecule has 0 saturated carbocycles. The molecule has 1 aromatic heterocycles. The number of carbonyl (C=O) groups excluding carboxylic acids is 1. The number of thiophene rings is 1. The average Bonchev–Trinajstić information content (AvgIpc) is 2.60. The zero-order valence-electron chi connectivity index (χ0n) is 12.5. The van der Waals surface area contributed by atoms with Crippen molar-refractivity contribution >= 4 is 17.3 Å². The standard InChI is InChI=1S/C15H24O2S/c1-8-17-13(16)12-10(14(2,3)4)9-11(18-12)15(5,6)7/h9H,8H2,1-7H3. The van der Waals surface area contributed by atoms with Crippen molar-refractivity contribution in [2.75, 3.05) is 6.61 Å². The van der Waals surface area contributed by atoms with Crippen LogP contribution >= 0.6 is 11.3 Å². The second-order valence-corrected chi connectivity index (χ2v) is 7.63. The Bertz CT molecular complexity index is 430. The third-order valence-corrected chi connectivity index (χ3v) is 4.28. The molecule has 0 fully saturated rings. The first-order chi connectivity index (χ1) is 8.07. The molecular formula is C15H24O2S. The van der Waals surface area contributed by atoms with Gasteiger partial charge in [-0.05, 0) is 29.4 Å². The summed E-state index contributed by atoms with van der Waals surface area (Å²) in [5.41, 5.74) is 1.12. The summed E-state index contributed by atoms with van der Waals surface area (Å²) in [5, 5.41) is 0. The van der Waals surface area contributed by atoms with Crippen molar-refractivity contribution in [1.29, 1.82) is 0 Å². The molecule has 0 radical (unpaired) electrons. The summed E-state index contributed by atoms with van der Waals surface area (Å²) in [6.45, 7) is 15.2. The molecule has 0 aromatic carbocycles. The average molecular weight is 268 g/mol. The van der Waals surface area contributed by atoms with Gasteiger partial charge in [0.1, 0.15) is 4.88 Å². The zero-order chi connectivity index (χ0) is 14.1. The molecule has 0 bridgehead atoms. The minimum atomic E-state index is -0.192. The molecule has 0 unspecified atom stereocenters. The van der Waals surface area contributed by atoms with E-state index in [0.717, 1.165) is 10.4 Å². The molecule has 0 aliphatic carbocycles. The van der Waals surface area contributed by atoms with Crippen molar-refractivity contribution < 1.29 is 9.53 Å². The predicted octanol–water partition coefficient (Wildman–Crippen LogP) is 4.52. The quantitative estimate of drug-likeness (QED) is 0.737. The number of rotatable bonds is 2. The lowest BCUT2D eigenvalue weighted by Gasteiger charge is -2.19. The van der Waals surface area contributed by atoms with Crippen LogP contribution in [0.2, 0.25) is 0 Å². The molecule has 0 atom stereocenters. The van der Waals surface area contributed by atoms with Crippen molar-refractivity contribution in [3.05, 3.63) is 21.4 Å². The zero-order valence-corrected chi connectivity index (χ0v) is 13.3. The lowest BCUT2D eigenvalue weighted by atomic mass is 9.85. The van der Waals surface area contributed by atoms with Gasteiger partial charge in [-0.15, -0.1) is 11.3 Å². The fraction of sp³-hybridized carbons (Fsp3) is 0.667. The van der Waals surface area contributed by atoms with E-state index in [4.69, 9.17) is 4.74 Å². The predicted molar refractivity (Wildman–Crippen MR) is 77.7 cm³/mol. The summed E-state index contributed by atoms with van der Waals surface area (Å²) in [5.74, 6) is -0.192. The second-order valence-electron chi connectivity index (χ2n) is 6.57. The molecule has 3 heteroatoms. The largest absolute Gasteiger partial charge is 0.462 e. The van der Waals surface area contributed by atoms with E-state index in [9.17, 15) is 4.79 Å². The van der Waals surface area contributed by atoms with Crippen molar-refractivity contribution in [2.45, 2.75) is 59.3 Å². The molecule has 0 aliphatic rings. The number of carbonyl (C=O) groups is 1. The highest BCUT2D eigenvalue weighted by Gasteiger charge is 2.29. The van der Waals surface area contributed by atoms with Crippen LogP contribution in [-0.4, -0.2) is 12.6 Å². The third kappa shape index (κ3) is 3.35. The maximum Gasteiger partial charge on any atom is 0.348 e. The van der Waals surface area contributed by atoms with E-state index in [1.807, 2.05) is 6.92 Å². The van der Waals surface area contributed by atoms with Crippen molar-refractivity contribution in [1.82, 2.24) is 0 Å². The summed E-state index contributed by atoms with van der Waals surface area (Å²) in [7, 11) is 0. The normalized spacial score (nSPS) is 12.6. The van der Waals surface area contributed by atoms with Gasteiger partial charge in [0.15, 0.2) is 0 Å². The molecule has 18 heavy (non-hydrogen) atoms. The van der Waals surface area contributed by atoms with Gasteiger partial charge < -0.3 is 4.74 Å². The molecule has 0 N–H and O–H groups in total. The van der Waals surface area contributed by atoms with Crippen LogP contribution in [0.4, 0.5) is 0 Å². The first kappa shape index (κ1) is 15.2. The number of hydrogen-bond donors (Lipinski definition) is 0. The van der Waals surface area contributed by atoms with E-state index < -0.39 is 0 Å². The van der Waals surface area contributed by atoms with Crippen molar-refractivity contribution in [2.24, 2.45) is 0 Å². The minimum absolute atomic E-state index is 0.0396. The van der Waals surface area contributed by atoms with Gasteiger partial charge >= 0.3 is 5.97 Å². The van der Waals surface area contributed by atoms with E-state index in [2.05, 4.69) is 47.6 Å². The van der Waals surface area contributed by atoms with Crippen molar-refractivity contribution in [3.8, 4) is 0 Å². The Kier molecular flexibility index (Phi) is 4.26. The fourth-order valence-electron chi connectivity index (χ4n) is 1.67.